The van der Waals surface area contributed by atoms with Crippen LogP contribution in [-0.2, 0) is 13.0 Å². The van der Waals surface area contributed by atoms with Crippen molar-refractivity contribution in [2.45, 2.75) is 26.3 Å². The Morgan fingerprint density at radius 3 is 2.52 bits per heavy atom. The Balaban J connectivity index is 2.25. The first-order chi connectivity index (χ1) is 10.2. The van der Waals surface area contributed by atoms with Crippen molar-refractivity contribution in [2.75, 3.05) is 24.3 Å². The molecule has 0 amide bonds. The van der Waals surface area contributed by atoms with Gasteiger partial charge in [-0.05, 0) is 24.1 Å². The number of hydrogen-bond acceptors (Lipinski definition) is 4. The van der Waals surface area contributed by atoms with E-state index in [9.17, 15) is 4.39 Å². The summed E-state index contributed by atoms with van der Waals surface area (Å²) in [5.74, 6) is 1.57. The molecule has 2 rings (SSSR count). The number of hydrogen-bond donors (Lipinski definition) is 1. The molecule has 0 unspecified atom stereocenters. The third-order valence-corrected chi connectivity index (χ3v) is 3.35. The highest BCUT2D eigenvalue weighted by Gasteiger charge is 2.13. The second-order valence-electron chi connectivity index (χ2n) is 5.01. The summed E-state index contributed by atoms with van der Waals surface area (Å²) in [7, 11) is 3.86. The first-order valence-electron chi connectivity index (χ1n) is 7.13. The normalized spacial score (nSPS) is 10.5. The standard InChI is InChI=1S/C16H21FN4/c1-4-5-14-15(18-2)19-11-20-16(14)21(3)10-12-6-8-13(17)9-7-12/h6-9,11H,4-5,10H2,1-3H3,(H,18,19,20). The van der Waals surface area contributed by atoms with Crippen LogP contribution >= 0.6 is 0 Å². The van der Waals surface area contributed by atoms with Crippen LogP contribution in [0.25, 0.3) is 0 Å². The Labute approximate surface area is 125 Å². The van der Waals surface area contributed by atoms with E-state index in [0.29, 0.717) is 6.54 Å². The fraction of sp³-hybridized carbons (Fsp3) is 0.375. The molecule has 1 N–H and O–H groups in total. The second-order valence-corrected chi connectivity index (χ2v) is 5.01. The van der Waals surface area contributed by atoms with Crippen molar-refractivity contribution in [3.05, 3.63) is 47.5 Å². The zero-order chi connectivity index (χ0) is 15.2. The summed E-state index contributed by atoms with van der Waals surface area (Å²) in [4.78, 5) is 10.8. The molecule has 2 aromatic rings. The Bertz CT molecular complexity index is 583. The number of aromatic nitrogens is 2. The maximum absolute atomic E-state index is 13.0. The fourth-order valence-corrected chi connectivity index (χ4v) is 2.37. The Morgan fingerprint density at radius 2 is 1.90 bits per heavy atom. The summed E-state index contributed by atoms with van der Waals surface area (Å²) in [5, 5.41) is 3.12. The highest BCUT2D eigenvalue weighted by molar-refractivity contribution is 5.58. The number of benzene rings is 1. The largest absolute Gasteiger partial charge is 0.373 e. The minimum absolute atomic E-state index is 0.215. The summed E-state index contributed by atoms with van der Waals surface area (Å²) >= 11 is 0. The lowest BCUT2D eigenvalue weighted by Crippen LogP contribution is -2.20. The second kappa shape index (κ2) is 7.02. The molecule has 0 atom stereocenters. The number of nitrogens with zero attached hydrogens (tertiary/aromatic N) is 3. The maximum atomic E-state index is 13.0. The smallest absolute Gasteiger partial charge is 0.137 e. The van der Waals surface area contributed by atoms with E-state index in [1.807, 2.05) is 14.1 Å². The lowest BCUT2D eigenvalue weighted by Gasteiger charge is -2.22. The van der Waals surface area contributed by atoms with Crippen molar-refractivity contribution in [1.82, 2.24) is 9.97 Å². The number of anilines is 2. The van der Waals surface area contributed by atoms with Gasteiger partial charge in [0.2, 0.25) is 0 Å². The van der Waals surface area contributed by atoms with Crippen LogP contribution in [0, 0.1) is 5.82 Å². The van der Waals surface area contributed by atoms with Crippen molar-refractivity contribution in [2.24, 2.45) is 0 Å². The van der Waals surface area contributed by atoms with E-state index in [0.717, 1.165) is 35.6 Å². The van der Waals surface area contributed by atoms with Gasteiger partial charge in [-0.1, -0.05) is 25.5 Å². The summed E-state index contributed by atoms with van der Waals surface area (Å²) in [6.45, 7) is 2.81. The Hall–Kier alpha value is -2.17. The molecule has 0 fully saturated rings. The summed E-state index contributed by atoms with van der Waals surface area (Å²) < 4.78 is 13.0. The van der Waals surface area contributed by atoms with Crippen molar-refractivity contribution in [3.8, 4) is 0 Å². The molecule has 0 spiro atoms. The topological polar surface area (TPSA) is 41.1 Å². The molecule has 21 heavy (non-hydrogen) atoms. The number of rotatable bonds is 6. The highest BCUT2D eigenvalue weighted by Crippen LogP contribution is 2.25. The predicted octanol–water partition coefficient (Wildman–Crippen LogP) is 3.25. The molecule has 0 aliphatic rings. The molecular formula is C16H21FN4. The molecule has 4 nitrogen and oxygen atoms in total. The first-order valence-corrected chi connectivity index (χ1v) is 7.13. The minimum Gasteiger partial charge on any atom is -0.373 e. The third kappa shape index (κ3) is 3.68. The van der Waals surface area contributed by atoms with Crippen molar-refractivity contribution in [3.63, 3.8) is 0 Å². The van der Waals surface area contributed by atoms with Crippen LogP contribution in [0.4, 0.5) is 16.0 Å². The van der Waals surface area contributed by atoms with Crippen LogP contribution in [-0.4, -0.2) is 24.1 Å². The van der Waals surface area contributed by atoms with Gasteiger partial charge in [0.15, 0.2) is 0 Å². The lowest BCUT2D eigenvalue weighted by molar-refractivity contribution is 0.627. The van der Waals surface area contributed by atoms with Crippen LogP contribution in [0.15, 0.2) is 30.6 Å². The number of halogens is 1. The van der Waals surface area contributed by atoms with Gasteiger partial charge < -0.3 is 10.2 Å². The molecule has 0 aliphatic heterocycles. The summed E-state index contributed by atoms with van der Waals surface area (Å²) in [6.07, 6.45) is 3.51. The summed E-state index contributed by atoms with van der Waals surface area (Å²) in [5.41, 5.74) is 2.16. The van der Waals surface area contributed by atoms with Gasteiger partial charge in [-0.2, -0.15) is 0 Å². The minimum atomic E-state index is -0.215. The van der Waals surface area contributed by atoms with Gasteiger partial charge in [0.1, 0.15) is 23.8 Å². The van der Waals surface area contributed by atoms with E-state index in [-0.39, 0.29) is 5.82 Å². The van der Waals surface area contributed by atoms with Gasteiger partial charge in [-0.15, -0.1) is 0 Å². The van der Waals surface area contributed by atoms with E-state index in [4.69, 9.17) is 0 Å². The molecule has 1 heterocycles. The molecule has 1 aromatic carbocycles. The molecule has 0 saturated heterocycles. The van der Waals surface area contributed by atoms with Crippen molar-refractivity contribution < 1.29 is 4.39 Å². The van der Waals surface area contributed by atoms with Crippen LogP contribution in [0.2, 0.25) is 0 Å². The maximum Gasteiger partial charge on any atom is 0.137 e. The molecule has 0 saturated carbocycles. The van der Waals surface area contributed by atoms with Crippen LogP contribution in [0.3, 0.4) is 0 Å². The average molecular weight is 288 g/mol. The fourth-order valence-electron chi connectivity index (χ4n) is 2.37. The van der Waals surface area contributed by atoms with E-state index < -0.39 is 0 Å². The molecular weight excluding hydrogens is 267 g/mol. The molecule has 0 bridgehead atoms. The SMILES string of the molecule is CCCc1c(NC)ncnc1N(C)Cc1ccc(F)cc1. The lowest BCUT2D eigenvalue weighted by atomic mass is 10.1. The van der Waals surface area contributed by atoms with Gasteiger partial charge in [0.25, 0.3) is 0 Å². The summed E-state index contributed by atoms with van der Waals surface area (Å²) in [6, 6.07) is 6.56. The predicted molar refractivity (Wildman–Crippen MR) is 84.1 cm³/mol. The monoisotopic (exact) mass is 288 g/mol. The Morgan fingerprint density at radius 1 is 1.19 bits per heavy atom. The van der Waals surface area contributed by atoms with Gasteiger partial charge in [-0.25, -0.2) is 14.4 Å². The van der Waals surface area contributed by atoms with E-state index in [2.05, 4.69) is 27.1 Å². The van der Waals surface area contributed by atoms with Gasteiger partial charge in [-0.3, -0.25) is 0 Å². The Kier molecular flexibility index (Phi) is 5.09. The quantitative estimate of drug-likeness (QED) is 0.886. The van der Waals surface area contributed by atoms with E-state index in [1.165, 1.54) is 12.1 Å². The zero-order valence-corrected chi connectivity index (χ0v) is 12.7. The molecule has 1 aromatic heterocycles. The molecule has 0 radical (unpaired) electrons. The molecule has 112 valence electrons. The highest BCUT2D eigenvalue weighted by atomic mass is 19.1. The van der Waals surface area contributed by atoms with Crippen LogP contribution in [0.5, 0.6) is 0 Å². The third-order valence-electron chi connectivity index (χ3n) is 3.35. The average Bonchev–Trinajstić information content (AvgIpc) is 2.50. The van der Waals surface area contributed by atoms with E-state index >= 15 is 0 Å². The first kappa shape index (κ1) is 15.2. The van der Waals surface area contributed by atoms with Gasteiger partial charge in [0.05, 0.1) is 0 Å². The zero-order valence-electron chi connectivity index (χ0n) is 12.7. The molecule has 0 aliphatic carbocycles. The molecule has 5 heteroatoms. The van der Waals surface area contributed by atoms with Crippen LogP contribution in [0.1, 0.15) is 24.5 Å². The van der Waals surface area contributed by atoms with Crippen molar-refractivity contribution in [1.29, 1.82) is 0 Å². The number of nitrogens with one attached hydrogen (secondary N) is 1. The van der Waals surface area contributed by atoms with Crippen LogP contribution < -0.4 is 10.2 Å². The van der Waals surface area contributed by atoms with Crippen molar-refractivity contribution >= 4 is 11.6 Å². The van der Waals surface area contributed by atoms with E-state index in [1.54, 1.807) is 18.5 Å². The van der Waals surface area contributed by atoms with Gasteiger partial charge in [0, 0.05) is 26.2 Å². The van der Waals surface area contributed by atoms with Gasteiger partial charge >= 0.3 is 0 Å².